The summed E-state index contributed by atoms with van der Waals surface area (Å²) in [7, 11) is 1.71. The normalized spacial score (nSPS) is 11.1. The van der Waals surface area contributed by atoms with E-state index in [4.69, 9.17) is 0 Å². The van der Waals surface area contributed by atoms with Gasteiger partial charge in [0.25, 0.3) is 0 Å². The van der Waals surface area contributed by atoms with Crippen LogP contribution in [0.25, 0.3) is 28.0 Å². The molecule has 8 nitrogen and oxygen atoms in total. The lowest BCUT2D eigenvalue weighted by Crippen LogP contribution is -2.14. The number of nitrogens with zero attached hydrogens (tertiary/aromatic N) is 6. The molecule has 0 aliphatic carbocycles. The summed E-state index contributed by atoms with van der Waals surface area (Å²) < 4.78 is 16.9. The third kappa shape index (κ3) is 3.71. The van der Waals surface area contributed by atoms with Gasteiger partial charge < -0.3 is 9.88 Å². The van der Waals surface area contributed by atoms with Crippen molar-refractivity contribution in [1.29, 1.82) is 0 Å². The molecule has 5 aromatic heterocycles. The fourth-order valence-electron chi connectivity index (χ4n) is 3.44. The minimum atomic E-state index is -0.412. The lowest BCUT2D eigenvalue weighted by molar-refractivity contribution is 0.620. The van der Waals surface area contributed by atoms with Crippen molar-refractivity contribution in [2.75, 3.05) is 5.32 Å². The Balaban J connectivity index is 1.36. The van der Waals surface area contributed by atoms with E-state index in [1.165, 1.54) is 16.7 Å². The molecule has 0 aromatic carbocycles. The monoisotopic (exact) mass is 427 g/mol. The molecule has 0 spiro atoms. The Bertz CT molecular complexity index is 1470. The summed E-state index contributed by atoms with van der Waals surface area (Å²) in [6.45, 7) is 0.501. The van der Waals surface area contributed by atoms with Crippen molar-refractivity contribution >= 4 is 16.9 Å². The van der Waals surface area contributed by atoms with Gasteiger partial charge in [-0.3, -0.25) is 19.3 Å². The van der Waals surface area contributed by atoms with Crippen LogP contribution in [0.15, 0.2) is 78.5 Å². The topological polar surface area (TPSA) is 90.5 Å². The summed E-state index contributed by atoms with van der Waals surface area (Å²) in [6, 6.07) is 10.4. The summed E-state index contributed by atoms with van der Waals surface area (Å²) in [6.07, 6.45) is 9.58. The number of hydrogen-bond acceptors (Lipinski definition) is 6. The van der Waals surface area contributed by atoms with Crippen LogP contribution in [-0.2, 0) is 13.6 Å². The van der Waals surface area contributed by atoms with Crippen molar-refractivity contribution in [3.8, 4) is 16.9 Å². The lowest BCUT2D eigenvalue weighted by Gasteiger charge is -2.08. The van der Waals surface area contributed by atoms with Gasteiger partial charge in [-0.25, -0.2) is 14.4 Å². The first-order valence-electron chi connectivity index (χ1n) is 9.87. The van der Waals surface area contributed by atoms with E-state index in [1.807, 2.05) is 18.2 Å². The molecule has 0 unspecified atom stereocenters. The van der Waals surface area contributed by atoms with Gasteiger partial charge in [0.1, 0.15) is 17.7 Å². The molecule has 0 bridgehead atoms. The number of aryl methyl sites for hydroxylation is 1. The van der Waals surface area contributed by atoms with Crippen LogP contribution in [0.1, 0.15) is 5.56 Å². The summed E-state index contributed by atoms with van der Waals surface area (Å²) in [5.74, 6) is 0.207. The average molecular weight is 427 g/mol. The number of fused-ring (bicyclic) bond motifs is 1. The largest absolute Gasteiger partial charge is 0.364 e. The molecule has 0 saturated heterocycles. The Labute approximate surface area is 182 Å². The summed E-state index contributed by atoms with van der Waals surface area (Å²) >= 11 is 0. The maximum atomic E-state index is 13.6. The van der Waals surface area contributed by atoms with Gasteiger partial charge in [0.15, 0.2) is 5.82 Å². The maximum Gasteiger partial charge on any atom is 0.250 e. The van der Waals surface area contributed by atoms with E-state index < -0.39 is 5.82 Å². The van der Waals surface area contributed by atoms with Crippen molar-refractivity contribution in [3.63, 3.8) is 0 Å². The first-order valence-corrected chi connectivity index (χ1v) is 9.87. The second kappa shape index (κ2) is 8.03. The van der Waals surface area contributed by atoms with Crippen LogP contribution >= 0.6 is 0 Å². The van der Waals surface area contributed by atoms with Crippen molar-refractivity contribution in [3.05, 3.63) is 95.4 Å². The first kappa shape index (κ1) is 19.6. The molecule has 0 amide bonds. The van der Waals surface area contributed by atoms with Gasteiger partial charge in [0.2, 0.25) is 5.56 Å². The molecule has 9 heteroatoms. The molecule has 0 saturated carbocycles. The zero-order valence-electron chi connectivity index (χ0n) is 17.1. The molecule has 5 aromatic rings. The average Bonchev–Trinajstić information content (AvgIpc) is 3.25. The van der Waals surface area contributed by atoms with Gasteiger partial charge in [-0.1, -0.05) is 6.07 Å². The van der Waals surface area contributed by atoms with Gasteiger partial charge in [-0.15, -0.1) is 0 Å². The number of nitrogens with one attached hydrogen (secondary N) is 1. The van der Waals surface area contributed by atoms with E-state index in [9.17, 15) is 9.18 Å². The van der Waals surface area contributed by atoms with Gasteiger partial charge >= 0.3 is 0 Å². The number of aromatic nitrogens is 6. The zero-order valence-corrected chi connectivity index (χ0v) is 17.1. The highest BCUT2D eigenvalue weighted by Gasteiger charge is 2.11. The lowest BCUT2D eigenvalue weighted by atomic mass is 10.1. The SMILES string of the molecule is Cn1cc(-c2ccc(CNc3nccc4c3ncn4-c3cncc(F)c3)cn2)ccc1=O. The highest BCUT2D eigenvalue weighted by atomic mass is 19.1. The standard InChI is InChI=1S/C23H18FN7O/c1-30-13-16(3-5-21(30)32)19-4-2-15(9-27-19)10-28-23-22-20(6-7-26-23)31(14-29-22)18-8-17(24)11-25-12-18/h2-9,11-14H,10H2,1H3,(H,26,28). The van der Waals surface area contributed by atoms with Gasteiger partial charge in [-0.05, 0) is 23.8 Å². The highest BCUT2D eigenvalue weighted by molar-refractivity contribution is 5.87. The Morgan fingerprint density at radius 3 is 2.72 bits per heavy atom. The predicted molar refractivity (Wildman–Crippen MR) is 119 cm³/mol. The van der Waals surface area contributed by atoms with Crippen LogP contribution in [0.4, 0.5) is 10.2 Å². The van der Waals surface area contributed by atoms with E-state index in [0.29, 0.717) is 23.6 Å². The fourth-order valence-corrected chi connectivity index (χ4v) is 3.44. The number of halogens is 1. The van der Waals surface area contributed by atoms with Crippen molar-refractivity contribution in [1.82, 2.24) is 29.1 Å². The second-order valence-electron chi connectivity index (χ2n) is 7.28. The molecule has 5 heterocycles. The molecule has 0 aliphatic heterocycles. The van der Waals surface area contributed by atoms with Crippen molar-refractivity contribution in [2.24, 2.45) is 7.05 Å². The summed E-state index contributed by atoms with van der Waals surface area (Å²) in [5.41, 5.74) is 4.60. The van der Waals surface area contributed by atoms with Gasteiger partial charge in [0.05, 0.1) is 29.3 Å². The van der Waals surface area contributed by atoms with E-state index in [1.54, 1.807) is 48.8 Å². The number of rotatable bonds is 5. The molecule has 0 atom stereocenters. The molecular formula is C23H18FN7O. The molecule has 0 radical (unpaired) electrons. The maximum absolute atomic E-state index is 13.6. The molecular weight excluding hydrogens is 409 g/mol. The number of imidazole rings is 1. The zero-order chi connectivity index (χ0) is 22.1. The van der Waals surface area contributed by atoms with E-state index >= 15 is 0 Å². The fraction of sp³-hybridized carbons (Fsp3) is 0.0870. The quantitative estimate of drug-likeness (QED) is 0.463. The minimum Gasteiger partial charge on any atom is -0.364 e. The predicted octanol–water partition coefficient (Wildman–Crippen LogP) is 3.33. The number of hydrogen-bond donors (Lipinski definition) is 1. The number of anilines is 1. The first-order chi connectivity index (χ1) is 15.6. The van der Waals surface area contributed by atoms with Crippen LogP contribution in [0.5, 0.6) is 0 Å². The molecule has 5 rings (SSSR count). The molecule has 0 fully saturated rings. The van der Waals surface area contributed by atoms with Crippen LogP contribution in [0, 0.1) is 5.82 Å². The molecule has 1 N–H and O–H groups in total. The van der Waals surface area contributed by atoms with Crippen LogP contribution in [0.2, 0.25) is 0 Å². The minimum absolute atomic E-state index is 0.0626. The number of pyridine rings is 4. The Morgan fingerprint density at radius 1 is 1.03 bits per heavy atom. The second-order valence-corrected chi connectivity index (χ2v) is 7.28. The Kier molecular flexibility index (Phi) is 4.91. The molecule has 32 heavy (non-hydrogen) atoms. The van der Waals surface area contributed by atoms with Crippen LogP contribution in [-0.4, -0.2) is 29.1 Å². The van der Waals surface area contributed by atoms with Gasteiger partial charge in [0, 0.05) is 49.9 Å². The van der Waals surface area contributed by atoms with E-state index in [-0.39, 0.29) is 5.56 Å². The Hall–Kier alpha value is -4.40. The van der Waals surface area contributed by atoms with Crippen LogP contribution in [0.3, 0.4) is 0 Å². The summed E-state index contributed by atoms with van der Waals surface area (Å²) in [5, 5.41) is 3.29. The molecule has 158 valence electrons. The van der Waals surface area contributed by atoms with Crippen molar-refractivity contribution in [2.45, 2.75) is 6.54 Å². The highest BCUT2D eigenvalue weighted by Crippen LogP contribution is 2.23. The molecule has 0 aliphatic rings. The van der Waals surface area contributed by atoms with E-state index in [0.717, 1.165) is 28.5 Å². The Morgan fingerprint density at radius 2 is 1.94 bits per heavy atom. The van der Waals surface area contributed by atoms with Gasteiger partial charge in [-0.2, -0.15) is 0 Å². The summed E-state index contributed by atoms with van der Waals surface area (Å²) in [4.78, 5) is 28.8. The van der Waals surface area contributed by atoms with Crippen molar-refractivity contribution < 1.29 is 4.39 Å². The van der Waals surface area contributed by atoms with Crippen LogP contribution < -0.4 is 10.9 Å². The van der Waals surface area contributed by atoms with E-state index in [2.05, 4.69) is 25.3 Å². The third-order valence-corrected chi connectivity index (χ3v) is 5.10. The smallest absolute Gasteiger partial charge is 0.250 e. The third-order valence-electron chi connectivity index (χ3n) is 5.10.